The maximum absolute atomic E-state index is 6.26. The molecule has 3 rings (SSSR count). The summed E-state index contributed by atoms with van der Waals surface area (Å²) in [5, 5.41) is 7.65. The smallest absolute Gasteiger partial charge is 0.191 e. The molecule has 1 aromatic heterocycles. The first kappa shape index (κ1) is 20.6. The number of aliphatic imine (C=N–C) groups is 1. The Morgan fingerprint density at radius 1 is 1.40 bits per heavy atom. The van der Waals surface area contributed by atoms with Crippen molar-refractivity contribution in [2.45, 2.75) is 45.1 Å². The third kappa shape index (κ3) is 6.47. The number of nitrogens with zero attached hydrogens (tertiary/aromatic N) is 3. The number of guanidine groups is 1. The molecule has 2 N–H and O–H groups in total. The Bertz CT molecular complexity index is 564. The van der Waals surface area contributed by atoms with Crippen molar-refractivity contribution in [2.24, 2.45) is 10.9 Å². The number of anilines is 1. The molecule has 25 heavy (non-hydrogen) atoms. The van der Waals surface area contributed by atoms with E-state index >= 15 is 0 Å². The van der Waals surface area contributed by atoms with Crippen LogP contribution in [0.1, 0.15) is 39.0 Å². The van der Waals surface area contributed by atoms with Crippen molar-refractivity contribution >= 4 is 47.4 Å². The Hall–Kier alpha value is -0.760. The molecular formula is C18H29ClIN5. The molecule has 0 amide bonds. The van der Waals surface area contributed by atoms with E-state index in [1.54, 1.807) is 6.20 Å². The fourth-order valence-electron chi connectivity index (χ4n) is 3.17. The molecule has 140 valence electrons. The van der Waals surface area contributed by atoms with Crippen LogP contribution in [0.15, 0.2) is 23.3 Å². The second-order valence-electron chi connectivity index (χ2n) is 6.73. The highest BCUT2D eigenvalue weighted by Crippen LogP contribution is 2.33. The van der Waals surface area contributed by atoms with Crippen molar-refractivity contribution in [3.8, 4) is 0 Å². The summed E-state index contributed by atoms with van der Waals surface area (Å²) in [5.41, 5.74) is 0. The minimum absolute atomic E-state index is 0. The molecular weight excluding hydrogens is 449 g/mol. The highest BCUT2D eigenvalue weighted by Gasteiger charge is 2.25. The van der Waals surface area contributed by atoms with E-state index in [1.807, 2.05) is 12.1 Å². The molecule has 1 aliphatic heterocycles. The van der Waals surface area contributed by atoms with Crippen LogP contribution >= 0.6 is 35.6 Å². The van der Waals surface area contributed by atoms with Crippen LogP contribution in [-0.4, -0.2) is 43.2 Å². The van der Waals surface area contributed by atoms with E-state index in [2.05, 4.69) is 27.4 Å². The number of rotatable bonds is 7. The molecule has 1 atom stereocenters. The molecule has 7 heteroatoms. The maximum Gasteiger partial charge on any atom is 0.191 e. The second-order valence-corrected chi connectivity index (χ2v) is 7.14. The van der Waals surface area contributed by atoms with Gasteiger partial charge in [0.2, 0.25) is 0 Å². The average molecular weight is 478 g/mol. The molecule has 0 radical (unpaired) electrons. The summed E-state index contributed by atoms with van der Waals surface area (Å²) in [6.07, 6.45) is 8.25. The van der Waals surface area contributed by atoms with Gasteiger partial charge in [-0.3, -0.25) is 4.99 Å². The Kier molecular flexibility index (Phi) is 8.55. The molecule has 1 saturated carbocycles. The quantitative estimate of drug-likeness (QED) is 0.272. The number of halogens is 2. The van der Waals surface area contributed by atoms with Crippen LogP contribution in [0.25, 0.3) is 0 Å². The normalized spacial score (nSPS) is 20.3. The lowest BCUT2D eigenvalue weighted by Crippen LogP contribution is -2.44. The van der Waals surface area contributed by atoms with Crippen LogP contribution in [-0.2, 0) is 0 Å². The molecule has 0 aromatic carbocycles. The largest absolute Gasteiger partial charge is 0.357 e. The average Bonchev–Trinajstić information content (AvgIpc) is 3.30. The van der Waals surface area contributed by atoms with Gasteiger partial charge in [0.15, 0.2) is 5.96 Å². The van der Waals surface area contributed by atoms with Crippen molar-refractivity contribution in [3.05, 3.63) is 23.4 Å². The molecule has 5 nitrogen and oxygen atoms in total. The van der Waals surface area contributed by atoms with E-state index in [0.29, 0.717) is 6.04 Å². The number of nitrogens with one attached hydrogen (secondary N) is 2. The zero-order valence-corrected chi connectivity index (χ0v) is 18.0. The highest BCUT2D eigenvalue weighted by atomic mass is 127. The van der Waals surface area contributed by atoms with E-state index in [1.165, 1.54) is 25.7 Å². The van der Waals surface area contributed by atoms with Crippen LogP contribution in [0.5, 0.6) is 0 Å². The van der Waals surface area contributed by atoms with Crippen molar-refractivity contribution in [1.29, 1.82) is 0 Å². The fraction of sp³-hybridized carbons (Fsp3) is 0.667. The van der Waals surface area contributed by atoms with Gasteiger partial charge < -0.3 is 15.5 Å². The Morgan fingerprint density at radius 2 is 2.24 bits per heavy atom. The van der Waals surface area contributed by atoms with E-state index in [-0.39, 0.29) is 24.0 Å². The van der Waals surface area contributed by atoms with Gasteiger partial charge in [-0.05, 0) is 44.2 Å². The molecule has 1 saturated heterocycles. The number of pyridine rings is 1. The van der Waals surface area contributed by atoms with Gasteiger partial charge in [-0.15, -0.1) is 24.0 Å². The van der Waals surface area contributed by atoms with Crippen molar-refractivity contribution in [3.63, 3.8) is 0 Å². The number of hydrogen-bond donors (Lipinski definition) is 2. The molecule has 2 fully saturated rings. The lowest BCUT2D eigenvalue weighted by Gasteiger charge is -2.20. The minimum atomic E-state index is 0. The third-order valence-corrected chi connectivity index (χ3v) is 4.94. The van der Waals surface area contributed by atoms with Gasteiger partial charge in [-0.25, -0.2) is 4.98 Å². The summed E-state index contributed by atoms with van der Waals surface area (Å²) in [6.45, 7) is 5.78. The zero-order chi connectivity index (χ0) is 16.8. The lowest BCUT2D eigenvalue weighted by atomic mass is 10.2. The third-order valence-electron chi connectivity index (χ3n) is 4.65. The first-order valence-corrected chi connectivity index (χ1v) is 9.54. The minimum Gasteiger partial charge on any atom is -0.357 e. The maximum atomic E-state index is 6.26. The van der Waals surface area contributed by atoms with Crippen LogP contribution in [0.3, 0.4) is 0 Å². The lowest BCUT2D eigenvalue weighted by molar-refractivity contribution is 0.638. The summed E-state index contributed by atoms with van der Waals surface area (Å²) >= 11 is 6.26. The molecule has 0 spiro atoms. The van der Waals surface area contributed by atoms with Gasteiger partial charge >= 0.3 is 0 Å². The molecule has 1 aromatic rings. The van der Waals surface area contributed by atoms with Crippen molar-refractivity contribution < 1.29 is 0 Å². The van der Waals surface area contributed by atoms with Crippen LogP contribution < -0.4 is 15.5 Å². The second kappa shape index (κ2) is 10.4. The summed E-state index contributed by atoms with van der Waals surface area (Å²) in [5.74, 6) is 2.81. The first-order valence-electron chi connectivity index (χ1n) is 9.16. The fourth-order valence-corrected chi connectivity index (χ4v) is 3.41. The molecule has 1 unspecified atom stereocenters. The van der Waals surface area contributed by atoms with E-state index < -0.39 is 0 Å². The summed E-state index contributed by atoms with van der Waals surface area (Å²) in [4.78, 5) is 11.4. The predicted molar refractivity (Wildman–Crippen MR) is 116 cm³/mol. The van der Waals surface area contributed by atoms with Gasteiger partial charge in [0.05, 0.1) is 5.02 Å². The van der Waals surface area contributed by atoms with Gasteiger partial charge in [-0.1, -0.05) is 24.4 Å². The Labute approximate surface area is 173 Å². The number of hydrogen-bond acceptors (Lipinski definition) is 3. The monoisotopic (exact) mass is 477 g/mol. The van der Waals surface area contributed by atoms with E-state index in [9.17, 15) is 0 Å². The molecule has 2 heterocycles. The van der Waals surface area contributed by atoms with E-state index in [0.717, 1.165) is 55.3 Å². The molecule has 0 bridgehead atoms. The van der Waals surface area contributed by atoms with Gasteiger partial charge in [0.25, 0.3) is 0 Å². The SMILES string of the molecule is CCNC(=NCCCC1CC1)NC1CCN(c2ncccc2Cl)C1.I. The molecule has 1 aliphatic carbocycles. The number of aromatic nitrogens is 1. The van der Waals surface area contributed by atoms with E-state index in [4.69, 9.17) is 16.6 Å². The zero-order valence-electron chi connectivity index (χ0n) is 14.9. The highest BCUT2D eigenvalue weighted by molar-refractivity contribution is 14.0. The topological polar surface area (TPSA) is 52.6 Å². The predicted octanol–water partition coefficient (Wildman–Crippen LogP) is 3.68. The Balaban J connectivity index is 0.00000225. The summed E-state index contributed by atoms with van der Waals surface area (Å²) in [7, 11) is 0. The first-order chi connectivity index (χ1) is 11.8. The summed E-state index contributed by atoms with van der Waals surface area (Å²) < 4.78 is 0. The van der Waals surface area contributed by atoms with Gasteiger partial charge in [0, 0.05) is 38.4 Å². The van der Waals surface area contributed by atoms with Crippen molar-refractivity contribution in [1.82, 2.24) is 15.6 Å². The summed E-state index contributed by atoms with van der Waals surface area (Å²) in [6, 6.07) is 4.15. The van der Waals surface area contributed by atoms with Gasteiger partial charge in [0.1, 0.15) is 5.82 Å². The van der Waals surface area contributed by atoms with Crippen LogP contribution in [0.2, 0.25) is 5.02 Å². The standard InChI is InChI=1S/C18H28ClN5.HI/c1-2-20-18(22-11-3-5-14-7-8-14)23-15-9-12-24(13-15)17-16(19)6-4-10-21-17;/h4,6,10,14-15H,2-3,5,7-9,11-13H2,1H3,(H2,20,22,23);1H. The van der Waals surface area contributed by atoms with Gasteiger partial charge in [-0.2, -0.15) is 0 Å². The van der Waals surface area contributed by atoms with Crippen molar-refractivity contribution in [2.75, 3.05) is 31.1 Å². The molecule has 2 aliphatic rings. The van der Waals surface area contributed by atoms with Crippen LogP contribution in [0.4, 0.5) is 5.82 Å². The Morgan fingerprint density at radius 3 is 2.96 bits per heavy atom. The van der Waals surface area contributed by atoms with Crippen LogP contribution in [0, 0.1) is 5.92 Å².